The summed E-state index contributed by atoms with van der Waals surface area (Å²) in [5, 5.41) is 22.0. The van der Waals surface area contributed by atoms with Crippen LogP contribution in [0, 0.1) is 25.1 Å². The lowest BCUT2D eigenvalue weighted by molar-refractivity contribution is -0.193. The fraction of sp³-hybridized carbons (Fsp3) is 0.312. The number of hydrogen-bond donors (Lipinski definition) is 5. The molecule has 0 amide bonds. The Morgan fingerprint density at radius 2 is 1.52 bits per heavy atom. The maximum atomic E-state index is 15.7. The second kappa shape index (κ2) is 16.7. The molecule has 0 atom stereocenters. The molecule has 3 aromatic carbocycles. The number of nitrogen functional groups attached to an aromatic ring is 1. The van der Waals surface area contributed by atoms with Crippen LogP contribution in [0.3, 0.4) is 0 Å². The van der Waals surface area contributed by atoms with Gasteiger partial charge in [0, 0.05) is 22.9 Å². The van der Waals surface area contributed by atoms with Crippen molar-refractivity contribution in [2.24, 2.45) is 5.73 Å². The van der Waals surface area contributed by atoms with Crippen LogP contribution in [-0.4, -0.2) is 63.0 Å². The first-order chi connectivity index (χ1) is 23.0. The molecule has 1 heterocycles. The van der Waals surface area contributed by atoms with Gasteiger partial charge >= 0.3 is 24.3 Å². The highest BCUT2D eigenvalue weighted by molar-refractivity contribution is 5.95. The number of halogens is 7. The van der Waals surface area contributed by atoms with Crippen LogP contribution in [0.2, 0.25) is 0 Å². The number of aryl methyl sites for hydroxylation is 2. The van der Waals surface area contributed by atoms with Crippen LogP contribution in [0.1, 0.15) is 43.0 Å². The predicted molar refractivity (Wildman–Crippen MR) is 170 cm³/mol. The van der Waals surface area contributed by atoms with E-state index < -0.39 is 30.1 Å². The molecule has 50 heavy (non-hydrogen) atoms. The average Bonchev–Trinajstić information content (AvgIpc) is 3.41. The number of nitrogens with two attached hydrogens (primary N) is 1. The number of hydrogen-bond acceptors (Lipinski definition) is 7. The lowest BCUT2D eigenvalue weighted by Crippen LogP contribution is -2.21. The van der Waals surface area contributed by atoms with Gasteiger partial charge < -0.3 is 35.3 Å². The first-order valence-electron chi connectivity index (χ1n) is 14.5. The molecule has 272 valence electrons. The molecule has 0 saturated heterocycles. The Morgan fingerprint density at radius 3 is 1.98 bits per heavy atom. The van der Waals surface area contributed by atoms with Gasteiger partial charge in [0.1, 0.15) is 11.6 Å². The van der Waals surface area contributed by atoms with Gasteiger partial charge in [0.15, 0.2) is 11.6 Å². The van der Waals surface area contributed by atoms with Gasteiger partial charge in [0.05, 0.1) is 30.3 Å². The summed E-state index contributed by atoms with van der Waals surface area (Å²) < 4.78 is 90.6. The number of aliphatic carboxylic acids is 2. The van der Waals surface area contributed by atoms with Crippen LogP contribution < -0.4 is 20.1 Å². The number of aromatic nitrogens is 2. The van der Waals surface area contributed by atoms with Crippen molar-refractivity contribution >= 4 is 40.4 Å². The third-order valence-electron chi connectivity index (χ3n) is 6.23. The molecule has 0 saturated carbocycles. The monoisotopic (exact) mass is 717 g/mol. The third-order valence-corrected chi connectivity index (χ3v) is 6.23. The number of ether oxygens (including phenoxy) is 2. The van der Waals surface area contributed by atoms with E-state index in [9.17, 15) is 26.3 Å². The zero-order valence-corrected chi connectivity index (χ0v) is 27.3. The number of carboxylic acids is 2. The van der Waals surface area contributed by atoms with Crippen molar-refractivity contribution in [2.45, 2.75) is 59.6 Å². The lowest BCUT2D eigenvalue weighted by atomic mass is 10.1. The Kier molecular flexibility index (Phi) is 13.6. The van der Waals surface area contributed by atoms with Crippen LogP contribution in [0.15, 0.2) is 48.5 Å². The van der Waals surface area contributed by atoms with Gasteiger partial charge in [-0.05, 0) is 82.1 Å². The number of rotatable bonds is 9. The summed E-state index contributed by atoms with van der Waals surface area (Å²) >= 11 is 0. The molecule has 0 radical (unpaired) electrons. The fourth-order valence-electron chi connectivity index (χ4n) is 4.20. The van der Waals surface area contributed by atoms with Crippen LogP contribution in [-0.2, 0) is 16.1 Å². The van der Waals surface area contributed by atoms with Crippen LogP contribution in [0.4, 0.5) is 42.4 Å². The zero-order chi connectivity index (χ0) is 38.1. The molecule has 6 N–H and O–H groups in total. The van der Waals surface area contributed by atoms with E-state index in [4.69, 9.17) is 45.4 Å². The van der Waals surface area contributed by atoms with E-state index in [1.54, 1.807) is 24.3 Å². The second-order valence-electron chi connectivity index (χ2n) is 10.7. The largest absolute Gasteiger partial charge is 0.494 e. The van der Waals surface area contributed by atoms with Gasteiger partial charge in [0.25, 0.3) is 0 Å². The van der Waals surface area contributed by atoms with Crippen molar-refractivity contribution in [3.05, 3.63) is 76.6 Å². The summed E-state index contributed by atoms with van der Waals surface area (Å²) in [6, 6.07) is 14.6. The van der Waals surface area contributed by atoms with Gasteiger partial charge in [-0.3, -0.25) is 5.41 Å². The molecule has 0 aliphatic rings. The van der Waals surface area contributed by atoms with Crippen molar-refractivity contribution in [1.82, 2.24) is 9.97 Å². The van der Waals surface area contributed by atoms with E-state index in [1.807, 2.05) is 57.7 Å². The molecule has 0 fully saturated rings. The summed E-state index contributed by atoms with van der Waals surface area (Å²) in [5.74, 6) is -4.72. The number of nitrogens with zero attached hydrogens (tertiary/aromatic N) is 2. The number of amidine groups is 1. The number of benzene rings is 3. The Morgan fingerprint density at radius 1 is 0.980 bits per heavy atom. The normalized spacial score (nSPS) is 11.2. The average molecular weight is 718 g/mol. The van der Waals surface area contributed by atoms with Crippen molar-refractivity contribution in [3.8, 4) is 11.5 Å². The quantitative estimate of drug-likeness (QED) is 0.0672. The smallest absolute Gasteiger partial charge is 0.490 e. The minimum Gasteiger partial charge on any atom is -0.494 e. The van der Waals surface area contributed by atoms with E-state index in [-0.39, 0.29) is 24.2 Å². The summed E-state index contributed by atoms with van der Waals surface area (Å²) in [4.78, 5) is 28.0. The van der Waals surface area contributed by atoms with E-state index in [0.29, 0.717) is 29.4 Å². The van der Waals surface area contributed by atoms with Crippen molar-refractivity contribution in [3.63, 3.8) is 0 Å². The summed E-state index contributed by atoms with van der Waals surface area (Å²) in [7, 11) is 0. The molecular weight excluding hydrogens is 683 g/mol. The van der Waals surface area contributed by atoms with Crippen molar-refractivity contribution < 1.29 is 60.0 Å². The number of carbonyl (C=O) groups is 2. The first kappa shape index (κ1) is 40.6. The fourth-order valence-corrected chi connectivity index (χ4v) is 4.20. The maximum Gasteiger partial charge on any atom is 0.490 e. The molecule has 1 aromatic heterocycles. The number of anilines is 2. The first-order valence-corrected chi connectivity index (χ1v) is 14.5. The zero-order valence-electron chi connectivity index (χ0n) is 27.3. The number of fused-ring (bicyclic) bond motifs is 1. The standard InChI is InChI=1S/C28H32FN5O2.2C2HF3O2/c1-6-35-22-13-20(25(29)24(14-22)36-16(2)3)15-34(21-9-7-19(8-10-21)27(30)31)28-32-23-12-17(4)11-18(5)26(23)33-28;2*3-2(4,5)1(6)7/h7-14,16H,6,15H2,1-5H3,(H3,30,31)(H,32,33);2*(H,6,7). The maximum absolute atomic E-state index is 15.7. The Hall–Kier alpha value is -5.55. The van der Waals surface area contributed by atoms with E-state index in [2.05, 4.69) is 11.1 Å². The van der Waals surface area contributed by atoms with Crippen molar-refractivity contribution in [2.75, 3.05) is 11.5 Å². The number of imidazole rings is 1. The number of alkyl halides is 6. The molecule has 0 spiro atoms. The summed E-state index contributed by atoms with van der Waals surface area (Å²) in [6.45, 7) is 10.3. The lowest BCUT2D eigenvalue weighted by Gasteiger charge is -2.24. The topological polar surface area (TPSA) is 175 Å². The SMILES string of the molecule is CCOc1cc(CN(c2ccc(C(=N)N)cc2)c2nc3c(C)cc(C)cc3[nH]2)c(F)c(OC(C)C)c1.O=C(O)C(F)(F)F.O=C(O)C(F)(F)F. The number of aromatic amines is 1. The van der Waals surface area contributed by atoms with Gasteiger partial charge in [-0.25, -0.2) is 19.0 Å². The van der Waals surface area contributed by atoms with Crippen molar-refractivity contribution in [1.29, 1.82) is 5.41 Å². The number of H-pyrrole nitrogens is 1. The second-order valence-corrected chi connectivity index (χ2v) is 10.7. The van der Waals surface area contributed by atoms with Gasteiger partial charge in [-0.15, -0.1) is 0 Å². The predicted octanol–water partition coefficient (Wildman–Crippen LogP) is 7.39. The molecule has 0 bridgehead atoms. The number of carboxylic acid groups (broad SMARTS) is 2. The Balaban J connectivity index is 0.000000521. The van der Waals surface area contributed by atoms with Gasteiger partial charge in [-0.1, -0.05) is 6.07 Å². The van der Waals surface area contributed by atoms with Crippen LogP contribution in [0.25, 0.3) is 11.0 Å². The van der Waals surface area contributed by atoms with Gasteiger partial charge in [-0.2, -0.15) is 26.3 Å². The van der Waals surface area contributed by atoms with E-state index >= 15 is 4.39 Å². The highest BCUT2D eigenvalue weighted by atomic mass is 19.4. The molecular formula is C32H34F7N5O6. The van der Waals surface area contributed by atoms with E-state index in [0.717, 1.165) is 27.8 Å². The third kappa shape index (κ3) is 11.6. The molecule has 0 aliphatic carbocycles. The molecule has 11 nitrogen and oxygen atoms in total. The van der Waals surface area contributed by atoms with E-state index in [1.165, 1.54) is 0 Å². The Labute approximate surface area is 280 Å². The molecule has 4 rings (SSSR count). The summed E-state index contributed by atoms with van der Waals surface area (Å²) in [5.41, 5.74) is 11.4. The minimum absolute atomic E-state index is 0.0196. The molecule has 4 aromatic rings. The van der Waals surface area contributed by atoms with Gasteiger partial charge in [0.2, 0.25) is 5.95 Å². The Bertz CT molecular complexity index is 1780. The molecule has 18 heteroatoms. The highest BCUT2D eigenvalue weighted by Crippen LogP contribution is 2.34. The molecule has 0 unspecified atom stereocenters. The molecule has 0 aliphatic heterocycles. The minimum atomic E-state index is -5.08. The number of nitrogens with one attached hydrogen (secondary N) is 2. The van der Waals surface area contributed by atoms with Crippen LogP contribution in [0.5, 0.6) is 11.5 Å². The highest BCUT2D eigenvalue weighted by Gasteiger charge is 2.39. The van der Waals surface area contributed by atoms with Crippen LogP contribution >= 0.6 is 0 Å². The summed E-state index contributed by atoms with van der Waals surface area (Å²) in [6.07, 6.45) is -10.4.